The summed E-state index contributed by atoms with van der Waals surface area (Å²) in [5.74, 6) is -0.791. The van der Waals surface area contributed by atoms with Gasteiger partial charge in [-0.3, -0.25) is 10.1 Å². The molecule has 0 aliphatic rings. The van der Waals surface area contributed by atoms with Crippen molar-refractivity contribution in [3.8, 4) is 0 Å². The fourth-order valence-corrected chi connectivity index (χ4v) is 1.89. The molecule has 7 heteroatoms. The lowest BCUT2D eigenvalue weighted by molar-refractivity contribution is -0.384. The van der Waals surface area contributed by atoms with Crippen molar-refractivity contribution in [1.29, 1.82) is 0 Å². The molecule has 1 atom stereocenters. The summed E-state index contributed by atoms with van der Waals surface area (Å²) in [5.41, 5.74) is -0.0722. The minimum absolute atomic E-state index is 0.131. The average Bonchev–Trinajstić information content (AvgIpc) is 2.40. The van der Waals surface area contributed by atoms with Gasteiger partial charge in [-0.1, -0.05) is 18.5 Å². The first-order valence-corrected chi connectivity index (χ1v) is 6.82. The number of hydrogen-bond acceptors (Lipinski definition) is 4. The number of rotatable bonds is 7. The summed E-state index contributed by atoms with van der Waals surface area (Å²) < 4.78 is 13.2. The van der Waals surface area contributed by atoms with Gasteiger partial charge in [-0.05, 0) is 26.5 Å². The lowest BCUT2D eigenvalue weighted by Gasteiger charge is -2.23. The summed E-state index contributed by atoms with van der Waals surface area (Å²) in [6, 6.07) is 2.52. The zero-order valence-corrected chi connectivity index (χ0v) is 12.6. The first-order chi connectivity index (χ1) is 9.36. The Morgan fingerprint density at radius 3 is 2.75 bits per heavy atom. The van der Waals surface area contributed by atoms with E-state index in [4.69, 9.17) is 11.6 Å². The Balaban J connectivity index is 2.72. The second-order valence-corrected chi connectivity index (χ2v) is 5.11. The van der Waals surface area contributed by atoms with Gasteiger partial charge in [-0.15, -0.1) is 0 Å². The molecule has 0 aliphatic heterocycles. The van der Waals surface area contributed by atoms with E-state index >= 15 is 0 Å². The molecule has 0 saturated heterocycles. The van der Waals surface area contributed by atoms with Crippen LogP contribution < -0.4 is 5.32 Å². The normalized spacial score (nSPS) is 12.5. The van der Waals surface area contributed by atoms with Crippen LogP contribution in [0.1, 0.15) is 20.3 Å². The molecule has 0 saturated carbocycles. The lowest BCUT2D eigenvalue weighted by atomic mass is 10.2. The highest BCUT2D eigenvalue weighted by molar-refractivity contribution is 6.31. The van der Waals surface area contributed by atoms with Crippen molar-refractivity contribution in [3.05, 3.63) is 33.1 Å². The average molecular weight is 304 g/mol. The summed E-state index contributed by atoms with van der Waals surface area (Å²) in [6.07, 6.45) is 1.03. The molecule has 1 unspecified atom stereocenters. The number of halogens is 2. The Morgan fingerprint density at radius 2 is 2.20 bits per heavy atom. The molecule has 0 heterocycles. The maximum absolute atomic E-state index is 13.2. The van der Waals surface area contributed by atoms with Crippen LogP contribution in [0.15, 0.2) is 12.1 Å². The molecular weight excluding hydrogens is 285 g/mol. The van der Waals surface area contributed by atoms with Crippen molar-refractivity contribution in [1.82, 2.24) is 4.90 Å². The van der Waals surface area contributed by atoms with Crippen molar-refractivity contribution in [2.45, 2.75) is 26.3 Å². The molecule has 112 valence electrons. The molecule has 0 spiro atoms. The van der Waals surface area contributed by atoms with E-state index in [0.717, 1.165) is 19.0 Å². The summed E-state index contributed by atoms with van der Waals surface area (Å²) in [4.78, 5) is 12.4. The molecule has 1 N–H and O–H groups in total. The van der Waals surface area contributed by atoms with Gasteiger partial charge in [0.05, 0.1) is 16.0 Å². The molecule has 0 aliphatic carbocycles. The molecule has 0 aromatic heterocycles. The number of hydrogen-bond donors (Lipinski definition) is 1. The van der Waals surface area contributed by atoms with Crippen molar-refractivity contribution < 1.29 is 9.31 Å². The highest BCUT2D eigenvalue weighted by Crippen LogP contribution is 2.30. The van der Waals surface area contributed by atoms with E-state index in [-0.39, 0.29) is 16.4 Å². The maximum atomic E-state index is 13.2. The zero-order valence-electron chi connectivity index (χ0n) is 11.8. The van der Waals surface area contributed by atoms with Gasteiger partial charge in [0, 0.05) is 19.1 Å². The van der Waals surface area contributed by atoms with Crippen molar-refractivity contribution in [3.63, 3.8) is 0 Å². The molecule has 1 aromatic carbocycles. The Hall–Kier alpha value is -1.40. The van der Waals surface area contributed by atoms with Crippen LogP contribution in [0.4, 0.5) is 15.8 Å². The molecular formula is C13H19ClFN3O2. The Labute approximate surface area is 122 Å². The molecule has 0 bridgehead atoms. The Bertz CT molecular complexity index is 485. The van der Waals surface area contributed by atoms with Gasteiger partial charge in [-0.25, -0.2) is 4.39 Å². The van der Waals surface area contributed by atoms with Crippen LogP contribution in [0.5, 0.6) is 0 Å². The van der Waals surface area contributed by atoms with Crippen LogP contribution in [0.3, 0.4) is 0 Å². The summed E-state index contributed by atoms with van der Waals surface area (Å²) in [7, 11) is 1.99. The number of nitro benzene ring substituents is 1. The van der Waals surface area contributed by atoms with Crippen LogP contribution >= 0.6 is 11.6 Å². The third kappa shape index (κ3) is 4.31. The van der Waals surface area contributed by atoms with Gasteiger partial charge in [0.15, 0.2) is 0 Å². The number of nitrogens with one attached hydrogen (secondary N) is 1. The summed E-state index contributed by atoms with van der Waals surface area (Å²) in [6.45, 7) is 5.45. The third-order valence-electron chi connectivity index (χ3n) is 3.36. The molecule has 1 aromatic rings. The van der Waals surface area contributed by atoms with E-state index in [1.165, 1.54) is 6.07 Å². The quantitative estimate of drug-likeness (QED) is 0.618. The minimum atomic E-state index is -0.791. The Morgan fingerprint density at radius 1 is 1.55 bits per heavy atom. The SMILES string of the molecule is CCC(C)N(C)CCNc1cc(Cl)c(F)cc1[N+](=O)[O-]. The maximum Gasteiger partial charge on any atom is 0.295 e. The zero-order chi connectivity index (χ0) is 15.3. The minimum Gasteiger partial charge on any atom is -0.378 e. The molecule has 0 radical (unpaired) electrons. The van der Waals surface area contributed by atoms with E-state index in [2.05, 4.69) is 24.1 Å². The number of benzene rings is 1. The molecule has 0 fully saturated rings. The first-order valence-electron chi connectivity index (χ1n) is 6.44. The van der Waals surface area contributed by atoms with Crippen LogP contribution in [0.25, 0.3) is 0 Å². The third-order valence-corrected chi connectivity index (χ3v) is 3.65. The number of anilines is 1. The first kappa shape index (κ1) is 16.7. The fraction of sp³-hybridized carbons (Fsp3) is 0.538. The van der Waals surface area contributed by atoms with Crippen molar-refractivity contribution in [2.75, 3.05) is 25.5 Å². The standard InChI is InChI=1S/C13H19ClFN3O2/c1-4-9(2)17(3)6-5-16-12-7-10(14)11(15)8-13(12)18(19)20/h7-9,16H,4-6H2,1-3H3. The molecule has 0 amide bonds. The monoisotopic (exact) mass is 303 g/mol. The van der Waals surface area contributed by atoms with Gasteiger partial charge in [0.25, 0.3) is 5.69 Å². The van der Waals surface area contributed by atoms with E-state index in [1.807, 2.05) is 7.05 Å². The van der Waals surface area contributed by atoms with E-state index in [9.17, 15) is 14.5 Å². The van der Waals surface area contributed by atoms with Gasteiger partial charge in [0.1, 0.15) is 11.5 Å². The van der Waals surface area contributed by atoms with Crippen LogP contribution in [-0.2, 0) is 0 Å². The lowest BCUT2D eigenvalue weighted by Crippen LogP contribution is -2.32. The predicted octanol–water partition coefficient (Wildman–Crippen LogP) is 3.53. The highest BCUT2D eigenvalue weighted by atomic mass is 35.5. The predicted molar refractivity (Wildman–Crippen MR) is 78.9 cm³/mol. The van der Waals surface area contributed by atoms with Crippen molar-refractivity contribution in [2.24, 2.45) is 0 Å². The summed E-state index contributed by atoms with van der Waals surface area (Å²) >= 11 is 5.66. The van der Waals surface area contributed by atoms with Gasteiger partial charge in [0.2, 0.25) is 0 Å². The second-order valence-electron chi connectivity index (χ2n) is 4.71. The van der Waals surface area contributed by atoms with E-state index in [1.54, 1.807) is 0 Å². The smallest absolute Gasteiger partial charge is 0.295 e. The Kier molecular flexibility index (Phi) is 6.16. The number of nitro groups is 1. The van der Waals surface area contributed by atoms with Crippen LogP contribution in [0, 0.1) is 15.9 Å². The van der Waals surface area contributed by atoms with Crippen LogP contribution in [-0.4, -0.2) is 36.0 Å². The number of nitrogens with zero attached hydrogens (tertiary/aromatic N) is 2. The fourth-order valence-electron chi connectivity index (χ4n) is 1.73. The van der Waals surface area contributed by atoms with Gasteiger partial charge in [-0.2, -0.15) is 0 Å². The van der Waals surface area contributed by atoms with E-state index < -0.39 is 10.7 Å². The van der Waals surface area contributed by atoms with Gasteiger partial charge >= 0.3 is 0 Å². The highest BCUT2D eigenvalue weighted by Gasteiger charge is 2.17. The van der Waals surface area contributed by atoms with E-state index in [0.29, 0.717) is 12.6 Å². The van der Waals surface area contributed by atoms with Crippen molar-refractivity contribution >= 4 is 23.0 Å². The number of likely N-dealkylation sites (N-methyl/N-ethyl adjacent to an activating group) is 1. The largest absolute Gasteiger partial charge is 0.378 e. The molecule has 5 nitrogen and oxygen atoms in total. The summed E-state index contributed by atoms with van der Waals surface area (Å²) in [5, 5.41) is 13.7. The second kappa shape index (κ2) is 7.40. The molecule has 20 heavy (non-hydrogen) atoms. The molecule has 1 rings (SSSR count). The van der Waals surface area contributed by atoms with Crippen LogP contribution in [0.2, 0.25) is 5.02 Å². The topological polar surface area (TPSA) is 58.4 Å². The van der Waals surface area contributed by atoms with Gasteiger partial charge < -0.3 is 10.2 Å².